The summed E-state index contributed by atoms with van der Waals surface area (Å²) in [5.74, 6) is 2.31. The number of nitrogens with one attached hydrogen (secondary N) is 1. The topological polar surface area (TPSA) is 67.6 Å². The van der Waals surface area contributed by atoms with E-state index < -0.39 is 0 Å². The molecular formula is C10H18N4. The molecule has 1 aromatic rings. The lowest BCUT2D eigenvalue weighted by molar-refractivity contribution is 0.238. The summed E-state index contributed by atoms with van der Waals surface area (Å²) in [5.41, 5.74) is 5.88. The van der Waals surface area contributed by atoms with Crippen molar-refractivity contribution in [1.29, 1.82) is 0 Å². The molecule has 0 radical (unpaired) electrons. The van der Waals surface area contributed by atoms with Crippen LogP contribution in [0.3, 0.4) is 0 Å². The Morgan fingerprint density at radius 1 is 1.50 bits per heavy atom. The Hall–Kier alpha value is -0.900. The Kier molecular flexibility index (Phi) is 2.31. The van der Waals surface area contributed by atoms with Gasteiger partial charge in [0.15, 0.2) is 5.82 Å². The lowest BCUT2D eigenvalue weighted by Crippen LogP contribution is -2.42. The highest BCUT2D eigenvalue weighted by Crippen LogP contribution is 2.41. The SMILES string of the molecule is CC(C)c1nc(C2(CN)CCC2)n[nH]1. The standard InChI is InChI=1S/C10H18N4/c1-7(2)8-12-9(14-13-8)10(6-11)4-3-5-10/h7H,3-6,11H2,1-2H3,(H,12,13,14). The summed E-state index contributed by atoms with van der Waals surface area (Å²) >= 11 is 0. The van der Waals surface area contributed by atoms with E-state index in [-0.39, 0.29) is 5.41 Å². The zero-order chi connectivity index (χ0) is 10.2. The molecule has 78 valence electrons. The second-order valence-electron chi connectivity index (χ2n) is 4.54. The summed E-state index contributed by atoms with van der Waals surface area (Å²) in [5, 5.41) is 7.28. The van der Waals surface area contributed by atoms with Crippen LogP contribution in [0, 0.1) is 0 Å². The average Bonchev–Trinajstić information content (AvgIpc) is 2.52. The molecule has 0 aromatic carbocycles. The van der Waals surface area contributed by atoms with E-state index in [9.17, 15) is 0 Å². The van der Waals surface area contributed by atoms with E-state index in [4.69, 9.17) is 5.73 Å². The van der Waals surface area contributed by atoms with Crippen LogP contribution >= 0.6 is 0 Å². The first-order chi connectivity index (χ1) is 6.68. The molecule has 0 aliphatic heterocycles. The van der Waals surface area contributed by atoms with Crippen molar-refractivity contribution >= 4 is 0 Å². The zero-order valence-corrected chi connectivity index (χ0v) is 8.88. The van der Waals surface area contributed by atoms with Crippen molar-refractivity contribution in [3.8, 4) is 0 Å². The van der Waals surface area contributed by atoms with E-state index in [0.29, 0.717) is 12.5 Å². The summed E-state index contributed by atoms with van der Waals surface area (Å²) in [4.78, 5) is 4.53. The van der Waals surface area contributed by atoms with Gasteiger partial charge in [-0.2, -0.15) is 5.10 Å². The molecule has 1 heterocycles. The van der Waals surface area contributed by atoms with Crippen LogP contribution < -0.4 is 5.73 Å². The van der Waals surface area contributed by atoms with Crippen molar-refractivity contribution in [1.82, 2.24) is 15.2 Å². The van der Waals surface area contributed by atoms with Crippen molar-refractivity contribution in [2.75, 3.05) is 6.54 Å². The minimum absolute atomic E-state index is 0.0869. The maximum Gasteiger partial charge on any atom is 0.158 e. The molecular weight excluding hydrogens is 176 g/mol. The molecule has 14 heavy (non-hydrogen) atoms. The Bertz CT molecular complexity index is 306. The highest BCUT2D eigenvalue weighted by atomic mass is 15.2. The molecule has 4 nitrogen and oxygen atoms in total. The van der Waals surface area contributed by atoms with Crippen molar-refractivity contribution in [2.24, 2.45) is 5.73 Å². The van der Waals surface area contributed by atoms with Gasteiger partial charge >= 0.3 is 0 Å². The molecule has 0 amide bonds. The number of aromatic nitrogens is 3. The highest BCUT2D eigenvalue weighted by molar-refractivity contribution is 5.14. The van der Waals surface area contributed by atoms with Crippen molar-refractivity contribution in [3.63, 3.8) is 0 Å². The molecule has 1 aliphatic rings. The number of nitrogens with zero attached hydrogens (tertiary/aromatic N) is 2. The molecule has 1 aromatic heterocycles. The number of aromatic amines is 1. The van der Waals surface area contributed by atoms with Crippen molar-refractivity contribution in [2.45, 2.75) is 44.4 Å². The molecule has 0 spiro atoms. The Labute approximate surface area is 84.3 Å². The Morgan fingerprint density at radius 3 is 2.57 bits per heavy atom. The van der Waals surface area contributed by atoms with Gasteiger partial charge in [0.25, 0.3) is 0 Å². The summed E-state index contributed by atoms with van der Waals surface area (Å²) in [6.45, 7) is 4.89. The zero-order valence-electron chi connectivity index (χ0n) is 8.88. The van der Waals surface area contributed by atoms with Gasteiger partial charge in [0.1, 0.15) is 5.82 Å². The molecule has 4 heteroatoms. The Morgan fingerprint density at radius 2 is 2.21 bits per heavy atom. The summed E-state index contributed by atoms with van der Waals surface area (Å²) < 4.78 is 0. The molecule has 0 bridgehead atoms. The second kappa shape index (κ2) is 3.35. The minimum atomic E-state index is 0.0869. The Balaban J connectivity index is 2.23. The molecule has 2 rings (SSSR count). The maximum absolute atomic E-state index is 5.79. The fourth-order valence-corrected chi connectivity index (χ4v) is 1.89. The number of rotatable bonds is 3. The van der Waals surface area contributed by atoms with E-state index in [2.05, 4.69) is 29.0 Å². The largest absolute Gasteiger partial charge is 0.329 e. The fraction of sp³-hybridized carbons (Fsp3) is 0.800. The van der Waals surface area contributed by atoms with Crippen LogP contribution in [0.5, 0.6) is 0 Å². The van der Waals surface area contributed by atoms with Crippen LogP contribution in [-0.4, -0.2) is 21.7 Å². The first-order valence-electron chi connectivity index (χ1n) is 5.31. The lowest BCUT2D eigenvalue weighted by atomic mass is 9.68. The number of hydrogen-bond donors (Lipinski definition) is 2. The fourth-order valence-electron chi connectivity index (χ4n) is 1.89. The van der Waals surface area contributed by atoms with Gasteiger partial charge in [0.05, 0.1) is 0 Å². The first-order valence-corrected chi connectivity index (χ1v) is 5.31. The van der Waals surface area contributed by atoms with E-state index in [1.54, 1.807) is 0 Å². The van der Waals surface area contributed by atoms with E-state index >= 15 is 0 Å². The minimum Gasteiger partial charge on any atom is -0.329 e. The van der Waals surface area contributed by atoms with Gasteiger partial charge in [-0.15, -0.1) is 0 Å². The maximum atomic E-state index is 5.79. The number of H-pyrrole nitrogens is 1. The normalized spacial score (nSPS) is 19.7. The van der Waals surface area contributed by atoms with E-state index in [0.717, 1.165) is 24.5 Å². The summed E-state index contributed by atoms with van der Waals surface area (Å²) in [6, 6.07) is 0. The third-order valence-electron chi connectivity index (χ3n) is 3.23. The van der Waals surface area contributed by atoms with Gasteiger partial charge in [-0.25, -0.2) is 4.98 Å². The smallest absolute Gasteiger partial charge is 0.158 e. The van der Waals surface area contributed by atoms with Crippen LogP contribution in [0.4, 0.5) is 0 Å². The highest BCUT2D eigenvalue weighted by Gasteiger charge is 2.40. The quantitative estimate of drug-likeness (QED) is 0.762. The first kappa shape index (κ1) is 9.65. The number of nitrogens with two attached hydrogens (primary N) is 1. The molecule has 1 fully saturated rings. The van der Waals surface area contributed by atoms with Gasteiger partial charge in [-0.05, 0) is 12.8 Å². The van der Waals surface area contributed by atoms with Crippen LogP contribution in [0.15, 0.2) is 0 Å². The predicted molar refractivity (Wildman–Crippen MR) is 55.1 cm³/mol. The average molecular weight is 194 g/mol. The van der Waals surface area contributed by atoms with Gasteiger partial charge < -0.3 is 5.73 Å². The van der Waals surface area contributed by atoms with E-state index in [1.165, 1.54) is 6.42 Å². The van der Waals surface area contributed by atoms with Gasteiger partial charge in [-0.1, -0.05) is 20.3 Å². The monoisotopic (exact) mass is 194 g/mol. The lowest BCUT2D eigenvalue weighted by Gasteiger charge is -2.38. The molecule has 1 aliphatic carbocycles. The molecule has 0 unspecified atom stereocenters. The van der Waals surface area contributed by atoms with Crippen LogP contribution in [0.2, 0.25) is 0 Å². The summed E-state index contributed by atoms with van der Waals surface area (Å²) in [6.07, 6.45) is 3.53. The van der Waals surface area contributed by atoms with Gasteiger partial charge in [-0.3, -0.25) is 5.10 Å². The third kappa shape index (κ3) is 1.34. The van der Waals surface area contributed by atoms with Crippen LogP contribution in [0.25, 0.3) is 0 Å². The third-order valence-corrected chi connectivity index (χ3v) is 3.23. The predicted octanol–water partition coefficient (Wildman–Crippen LogP) is 1.31. The second-order valence-corrected chi connectivity index (χ2v) is 4.54. The van der Waals surface area contributed by atoms with Crippen molar-refractivity contribution in [3.05, 3.63) is 11.6 Å². The van der Waals surface area contributed by atoms with E-state index in [1.807, 2.05) is 0 Å². The summed E-state index contributed by atoms with van der Waals surface area (Å²) in [7, 11) is 0. The van der Waals surface area contributed by atoms with Crippen molar-refractivity contribution < 1.29 is 0 Å². The van der Waals surface area contributed by atoms with Crippen LogP contribution in [-0.2, 0) is 5.41 Å². The molecule has 0 atom stereocenters. The van der Waals surface area contributed by atoms with Gasteiger partial charge in [0, 0.05) is 17.9 Å². The molecule has 1 saturated carbocycles. The molecule has 0 saturated heterocycles. The molecule has 3 N–H and O–H groups in total. The van der Waals surface area contributed by atoms with Crippen LogP contribution in [0.1, 0.15) is 50.7 Å². The number of hydrogen-bond acceptors (Lipinski definition) is 3. The van der Waals surface area contributed by atoms with Gasteiger partial charge in [0.2, 0.25) is 0 Å².